The molecule has 1 saturated carbocycles. The van der Waals surface area contributed by atoms with Crippen LogP contribution in [0, 0.1) is 20.8 Å². The Kier molecular flexibility index (Phi) is 4.59. The number of aromatic nitrogens is 3. The van der Waals surface area contributed by atoms with Crippen LogP contribution in [0.15, 0.2) is 10.7 Å². The van der Waals surface area contributed by atoms with Gasteiger partial charge in [-0.05, 0) is 46.5 Å². The van der Waals surface area contributed by atoms with E-state index in [1.165, 1.54) is 30.8 Å². The number of hydrogen-bond acceptors (Lipinski definition) is 4. The molecule has 2 aromatic rings. The summed E-state index contributed by atoms with van der Waals surface area (Å²) >= 11 is 0. The van der Waals surface area contributed by atoms with Crippen LogP contribution in [-0.2, 0) is 11.2 Å². The number of carbonyl (C=O) groups excluding carboxylic acids is 1. The Morgan fingerprint density at radius 3 is 2.73 bits per heavy atom. The average Bonchev–Trinajstić information content (AvgIpc) is 3.25. The second kappa shape index (κ2) is 6.89. The summed E-state index contributed by atoms with van der Waals surface area (Å²) in [7, 11) is 0. The van der Waals surface area contributed by atoms with E-state index in [0.29, 0.717) is 24.8 Å². The van der Waals surface area contributed by atoms with Crippen LogP contribution in [0.3, 0.4) is 0 Å². The topological polar surface area (TPSA) is 64.2 Å². The van der Waals surface area contributed by atoms with Gasteiger partial charge >= 0.3 is 0 Å². The van der Waals surface area contributed by atoms with Crippen LogP contribution in [0.4, 0.5) is 0 Å². The van der Waals surface area contributed by atoms with Gasteiger partial charge < -0.3 is 14.0 Å². The van der Waals surface area contributed by atoms with Crippen molar-refractivity contribution in [1.82, 2.24) is 19.6 Å². The lowest BCUT2D eigenvalue weighted by Gasteiger charge is -2.28. The number of nitrogens with zero attached hydrogens (tertiary/aromatic N) is 4. The molecule has 2 aromatic heterocycles. The summed E-state index contributed by atoms with van der Waals surface area (Å²) in [6.07, 6.45) is 8.07. The third-order valence-electron chi connectivity index (χ3n) is 6.13. The third-order valence-corrected chi connectivity index (χ3v) is 6.13. The molecule has 2 fully saturated rings. The number of amides is 1. The number of hydrogen-bond donors (Lipinski definition) is 0. The van der Waals surface area contributed by atoms with Crippen molar-refractivity contribution >= 4 is 5.91 Å². The van der Waals surface area contributed by atoms with E-state index in [9.17, 15) is 4.79 Å². The molecule has 6 heteroatoms. The quantitative estimate of drug-likeness (QED) is 0.823. The molecule has 0 N–H and O–H groups in total. The largest absolute Gasteiger partial charge is 0.361 e. The van der Waals surface area contributed by atoms with Gasteiger partial charge in [-0.15, -0.1) is 0 Å². The van der Waals surface area contributed by atoms with Crippen molar-refractivity contribution in [2.45, 2.75) is 71.3 Å². The Morgan fingerprint density at radius 1 is 1.27 bits per heavy atom. The maximum atomic E-state index is 12.7. The summed E-state index contributed by atoms with van der Waals surface area (Å²) in [4.78, 5) is 19.4. The van der Waals surface area contributed by atoms with E-state index in [1.807, 2.05) is 24.9 Å². The second-order valence-electron chi connectivity index (χ2n) is 7.84. The zero-order chi connectivity index (χ0) is 18.3. The third kappa shape index (κ3) is 3.06. The Labute approximate surface area is 154 Å². The predicted octanol–water partition coefficient (Wildman–Crippen LogP) is 3.47. The smallest absolute Gasteiger partial charge is 0.222 e. The first-order chi connectivity index (χ1) is 12.5. The van der Waals surface area contributed by atoms with Crippen molar-refractivity contribution in [1.29, 1.82) is 0 Å². The first-order valence-corrected chi connectivity index (χ1v) is 9.78. The number of carbonyl (C=O) groups is 1. The monoisotopic (exact) mass is 356 g/mol. The first-order valence-electron chi connectivity index (χ1n) is 9.78. The summed E-state index contributed by atoms with van der Waals surface area (Å²) in [6, 6.07) is 0.371. The Morgan fingerprint density at radius 2 is 2.08 bits per heavy atom. The highest BCUT2D eigenvalue weighted by molar-refractivity contribution is 5.76. The van der Waals surface area contributed by atoms with Crippen LogP contribution in [0.1, 0.15) is 72.6 Å². The fourth-order valence-corrected chi connectivity index (χ4v) is 4.34. The molecule has 2 aliphatic rings. The van der Waals surface area contributed by atoms with Crippen LogP contribution in [-0.4, -0.2) is 38.6 Å². The van der Waals surface area contributed by atoms with E-state index < -0.39 is 0 Å². The van der Waals surface area contributed by atoms with Gasteiger partial charge in [0.1, 0.15) is 11.6 Å². The van der Waals surface area contributed by atoms with E-state index >= 15 is 0 Å². The summed E-state index contributed by atoms with van der Waals surface area (Å²) in [5.74, 6) is 2.92. The van der Waals surface area contributed by atoms with Gasteiger partial charge in [0.05, 0.1) is 11.7 Å². The van der Waals surface area contributed by atoms with Gasteiger partial charge in [-0.2, -0.15) is 0 Å². The highest BCUT2D eigenvalue weighted by atomic mass is 16.5. The molecule has 0 spiro atoms. The minimum atomic E-state index is 0.232. The molecular formula is C20H28N4O2. The molecule has 1 aliphatic heterocycles. The van der Waals surface area contributed by atoms with Crippen LogP contribution in [0.5, 0.6) is 0 Å². The molecule has 0 radical (unpaired) electrons. The van der Waals surface area contributed by atoms with E-state index in [-0.39, 0.29) is 5.91 Å². The van der Waals surface area contributed by atoms with Crippen molar-refractivity contribution in [2.24, 2.45) is 0 Å². The van der Waals surface area contributed by atoms with Gasteiger partial charge in [0.25, 0.3) is 0 Å². The lowest BCUT2D eigenvalue weighted by molar-refractivity contribution is -0.130. The van der Waals surface area contributed by atoms with E-state index in [1.54, 1.807) is 0 Å². The summed E-state index contributed by atoms with van der Waals surface area (Å²) in [6.45, 7) is 7.63. The normalized spacial score (nSPS) is 20.6. The molecule has 1 aliphatic carbocycles. The molecule has 4 rings (SSSR count). The standard InChI is InChI=1S/C20H28N4O2/c1-13-11-21-20(16-5-4-6-16)24(13)17-9-10-23(12-17)19(25)8-7-18-14(2)22-26-15(18)3/h11,16-17H,4-10,12H2,1-3H3. The molecule has 0 bridgehead atoms. The van der Waals surface area contributed by atoms with Gasteiger partial charge in [-0.25, -0.2) is 4.98 Å². The molecule has 26 heavy (non-hydrogen) atoms. The molecule has 3 heterocycles. The zero-order valence-electron chi connectivity index (χ0n) is 16.0. The van der Waals surface area contributed by atoms with Crippen molar-refractivity contribution in [3.8, 4) is 0 Å². The van der Waals surface area contributed by atoms with Crippen molar-refractivity contribution in [2.75, 3.05) is 13.1 Å². The van der Waals surface area contributed by atoms with Crippen LogP contribution in [0.2, 0.25) is 0 Å². The molecule has 1 amide bonds. The minimum absolute atomic E-state index is 0.232. The molecule has 1 unspecified atom stereocenters. The molecule has 1 atom stereocenters. The maximum absolute atomic E-state index is 12.7. The SMILES string of the molecule is Cc1noc(C)c1CCC(=O)N1CCC(n2c(C)cnc2C2CCC2)C1. The molecule has 1 saturated heterocycles. The van der Waals surface area contributed by atoms with E-state index in [2.05, 4.69) is 21.6 Å². The fraction of sp³-hybridized carbons (Fsp3) is 0.650. The van der Waals surface area contributed by atoms with E-state index in [0.717, 1.165) is 36.5 Å². The van der Waals surface area contributed by atoms with Gasteiger partial charge in [0.15, 0.2) is 0 Å². The summed E-state index contributed by atoms with van der Waals surface area (Å²) < 4.78 is 7.61. The molecule has 140 valence electrons. The Hall–Kier alpha value is -2.11. The molecule has 0 aromatic carbocycles. The Bertz CT molecular complexity index is 783. The molecule has 6 nitrogen and oxygen atoms in total. The van der Waals surface area contributed by atoms with Crippen molar-refractivity contribution in [3.63, 3.8) is 0 Å². The zero-order valence-corrected chi connectivity index (χ0v) is 16.0. The maximum Gasteiger partial charge on any atom is 0.222 e. The summed E-state index contributed by atoms with van der Waals surface area (Å²) in [5.41, 5.74) is 3.20. The second-order valence-corrected chi connectivity index (χ2v) is 7.84. The van der Waals surface area contributed by atoms with Gasteiger partial charge in [-0.1, -0.05) is 11.6 Å². The lowest BCUT2D eigenvalue weighted by atomic mass is 9.84. The summed E-state index contributed by atoms with van der Waals surface area (Å²) in [5, 5.41) is 3.98. The number of likely N-dealkylation sites (tertiary alicyclic amines) is 1. The van der Waals surface area contributed by atoms with Gasteiger partial charge in [0, 0.05) is 42.9 Å². The van der Waals surface area contributed by atoms with Crippen molar-refractivity contribution in [3.05, 3.63) is 34.7 Å². The van der Waals surface area contributed by atoms with Crippen LogP contribution in [0.25, 0.3) is 0 Å². The Balaban J connectivity index is 1.39. The number of aryl methyl sites for hydroxylation is 3. The fourth-order valence-electron chi connectivity index (χ4n) is 4.34. The van der Waals surface area contributed by atoms with E-state index in [4.69, 9.17) is 4.52 Å². The van der Waals surface area contributed by atoms with Gasteiger partial charge in [0.2, 0.25) is 5.91 Å². The average molecular weight is 356 g/mol. The molecular weight excluding hydrogens is 328 g/mol. The predicted molar refractivity (Wildman–Crippen MR) is 98.1 cm³/mol. The highest BCUT2D eigenvalue weighted by Crippen LogP contribution is 2.38. The number of imidazole rings is 1. The number of rotatable bonds is 5. The minimum Gasteiger partial charge on any atom is -0.361 e. The first kappa shape index (κ1) is 17.3. The highest BCUT2D eigenvalue weighted by Gasteiger charge is 2.32. The van der Waals surface area contributed by atoms with Crippen LogP contribution < -0.4 is 0 Å². The van der Waals surface area contributed by atoms with Crippen LogP contribution >= 0.6 is 0 Å². The van der Waals surface area contributed by atoms with Crippen molar-refractivity contribution < 1.29 is 9.32 Å². The lowest BCUT2D eigenvalue weighted by Crippen LogP contribution is -2.30. The van der Waals surface area contributed by atoms with Gasteiger partial charge in [-0.3, -0.25) is 4.79 Å².